The molecule has 2 aromatic rings. The number of halogens is 2. The quantitative estimate of drug-likeness (QED) is 0.429. The Bertz CT molecular complexity index is 580. The Hall–Kier alpha value is -0.610. The van der Waals surface area contributed by atoms with E-state index in [0.717, 1.165) is 34.4 Å². The second-order valence-corrected chi connectivity index (χ2v) is 7.07. The van der Waals surface area contributed by atoms with Crippen LogP contribution in [-0.2, 0) is 6.54 Å². The topological polar surface area (TPSA) is 30.7 Å². The van der Waals surface area contributed by atoms with Gasteiger partial charge in [-0.1, -0.05) is 39.0 Å². The number of nitrogens with zero attached hydrogens (tertiary/aromatic N) is 3. The summed E-state index contributed by atoms with van der Waals surface area (Å²) in [5.74, 6) is 0.922. The second kappa shape index (κ2) is 8.14. The monoisotopic (exact) mass is 371 g/mol. The molecular weight excluding hydrogens is 350 g/mol. The maximum atomic E-state index is 6.28. The zero-order valence-electron chi connectivity index (χ0n) is 12.8. The van der Waals surface area contributed by atoms with Gasteiger partial charge in [-0.05, 0) is 35.3 Å². The predicted molar refractivity (Wildman–Crippen MR) is 92.9 cm³/mol. The Kier molecular flexibility index (Phi) is 6.49. The number of hydrogen-bond acceptors (Lipinski definition) is 2. The van der Waals surface area contributed by atoms with Crippen LogP contribution < -0.4 is 0 Å². The van der Waals surface area contributed by atoms with Crippen LogP contribution in [0.4, 0.5) is 0 Å². The normalized spacial score (nSPS) is 13.0. The fraction of sp³-hybridized carbons (Fsp3) is 0.625. The van der Waals surface area contributed by atoms with Crippen molar-refractivity contribution in [3.8, 4) is 0 Å². The van der Waals surface area contributed by atoms with E-state index in [0.29, 0.717) is 0 Å². The zero-order valence-corrected chi connectivity index (χ0v) is 15.1. The highest BCUT2D eigenvalue weighted by Crippen LogP contribution is 2.25. The van der Waals surface area contributed by atoms with Crippen molar-refractivity contribution in [3.63, 3.8) is 0 Å². The van der Waals surface area contributed by atoms with Gasteiger partial charge < -0.3 is 4.57 Å². The number of alkyl halides is 1. The minimum atomic E-state index is -0.0990. The molecule has 0 N–H and O–H groups in total. The highest BCUT2D eigenvalue weighted by Gasteiger charge is 2.15. The van der Waals surface area contributed by atoms with Gasteiger partial charge >= 0.3 is 0 Å². The van der Waals surface area contributed by atoms with E-state index in [9.17, 15) is 0 Å². The van der Waals surface area contributed by atoms with E-state index in [1.54, 1.807) is 0 Å². The van der Waals surface area contributed by atoms with Gasteiger partial charge in [0.15, 0.2) is 5.65 Å². The van der Waals surface area contributed by atoms with Crippen LogP contribution in [0.25, 0.3) is 11.2 Å². The molecule has 116 valence electrons. The standard InChI is InChI=1S/C16H23BrClN3/c1-3-4-5-6-7-8-9-21-15(12(2)18)20-14-10-13(17)11-19-16(14)21/h10-12H,3-9H2,1-2H3. The summed E-state index contributed by atoms with van der Waals surface area (Å²) < 4.78 is 3.13. The summed E-state index contributed by atoms with van der Waals surface area (Å²) in [6, 6.07) is 2.00. The molecule has 0 bridgehead atoms. The molecule has 0 fully saturated rings. The van der Waals surface area contributed by atoms with Gasteiger partial charge in [0.1, 0.15) is 11.3 Å². The third kappa shape index (κ3) is 4.43. The number of unbranched alkanes of at least 4 members (excludes halogenated alkanes) is 5. The number of imidazole rings is 1. The van der Waals surface area contributed by atoms with Crippen LogP contribution >= 0.6 is 27.5 Å². The summed E-state index contributed by atoms with van der Waals surface area (Å²) in [6.07, 6.45) is 9.52. The van der Waals surface area contributed by atoms with Gasteiger partial charge in [-0.2, -0.15) is 0 Å². The Morgan fingerprint density at radius 1 is 1.24 bits per heavy atom. The smallest absolute Gasteiger partial charge is 0.160 e. The number of fused-ring (bicyclic) bond motifs is 1. The van der Waals surface area contributed by atoms with Crippen molar-refractivity contribution in [2.24, 2.45) is 0 Å². The number of aryl methyl sites for hydroxylation is 1. The van der Waals surface area contributed by atoms with Crippen molar-refractivity contribution < 1.29 is 0 Å². The first-order valence-electron chi connectivity index (χ1n) is 7.79. The molecule has 0 saturated carbocycles. The van der Waals surface area contributed by atoms with Crippen molar-refractivity contribution in [1.29, 1.82) is 0 Å². The summed E-state index contributed by atoms with van der Waals surface area (Å²) in [4.78, 5) is 9.15. The van der Waals surface area contributed by atoms with Crippen LogP contribution in [0, 0.1) is 0 Å². The van der Waals surface area contributed by atoms with E-state index in [-0.39, 0.29) is 5.38 Å². The van der Waals surface area contributed by atoms with Crippen molar-refractivity contribution in [1.82, 2.24) is 14.5 Å². The SMILES string of the molecule is CCCCCCCCn1c(C(C)Cl)nc2cc(Br)cnc21. The van der Waals surface area contributed by atoms with Gasteiger partial charge in [-0.25, -0.2) is 9.97 Å². The highest BCUT2D eigenvalue weighted by atomic mass is 79.9. The molecule has 2 heterocycles. The molecule has 2 aromatic heterocycles. The molecule has 0 aliphatic carbocycles. The van der Waals surface area contributed by atoms with Crippen LogP contribution in [0.1, 0.15) is 63.6 Å². The van der Waals surface area contributed by atoms with Crippen LogP contribution in [0.2, 0.25) is 0 Å². The first-order valence-corrected chi connectivity index (χ1v) is 9.02. The molecule has 0 radical (unpaired) electrons. The molecule has 1 atom stereocenters. The lowest BCUT2D eigenvalue weighted by molar-refractivity contribution is 0.551. The lowest BCUT2D eigenvalue weighted by atomic mass is 10.1. The fourth-order valence-corrected chi connectivity index (χ4v) is 3.06. The molecule has 0 aliphatic heterocycles. The van der Waals surface area contributed by atoms with Crippen molar-refractivity contribution in [3.05, 3.63) is 22.6 Å². The van der Waals surface area contributed by atoms with Crippen molar-refractivity contribution in [2.75, 3.05) is 0 Å². The molecule has 0 spiro atoms. The minimum Gasteiger partial charge on any atom is -0.311 e. The Morgan fingerprint density at radius 3 is 2.67 bits per heavy atom. The molecule has 0 aromatic carbocycles. The van der Waals surface area contributed by atoms with E-state index in [2.05, 4.69) is 37.4 Å². The number of pyridine rings is 1. The molecule has 3 nitrogen and oxygen atoms in total. The molecular formula is C16H23BrClN3. The average Bonchev–Trinajstić information content (AvgIpc) is 2.80. The third-order valence-corrected chi connectivity index (χ3v) is 4.30. The zero-order chi connectivity index (χ0) is 15.2. The molecule has 1 unspecified atom stereocenters. The third-order valence-electron chi connectivity index (χ3n) is 3.67. The number of hydrogen-bond donors (Lipinski definition) is 0. The summed E-state index contributed by atoms with van der Waals surface area (Å²) in [5, 5.41) is -0.0990. The van der Waals surface area contributed by atoms with Gasteiger partial charge in [0, 0.05) is 17.2 Å². The second-order valence-electron chi connectivity index (χ2n) is 5.50. The van der Waals surface area contributed by atoms with Crippen LogP contribution in [0.5, 0.6) is 0 Å². The molecule has 2 rings (SSSR count). The lowest BCUT2D eigenvalue weighted by Crippen LogP contribution is -2.05. The van der Waals surface area contributed by atoms with Gasteiger partial charge in [0.05, 0.1) is 5.38 Å². The summed E-state index contributed by atoms with van der Waals surface area (Å²) >= 11 is 9.72. The summed E-state index contributed by atoms with van der Waals surface area (Å²) in [7, 11) is 0. The van der Waals surface area contributed by atoms with Gasteiger partial charge in [0.25, 0.3) is 0 Å². The Balaban J connectivity index is 2.08. The average molecular weight is 373 g/mol. The van der Waals surface area contributed by atoms with E-state index in [4.69, 9.17) is 11.6 Å². The maximum absolute atomic E-state index is 6.28. The largest absolute Gasteiger partial charge is 0.311 e. The van der Waals surface area contributed by atoms with Crippen molar-refractivity contribution in [2.45, 2.75) is 64.3 Å². The summed E-state index contributed by atoms with van der Waals surface area (Å²) in [5.41, 5.74) is 1.85. The van der Waals surface area contributed by atoms with E-state index in [1.807, 2.05) is 19.2 Å². The van der Waals surface area contributed by atoms with Crippen LogP contribution in [0.15, 0.2) is 16.7 Å². The van der Waals surface area contributed by atoms with E-state index in [1.165, 1.54) is 32.1 Å². The van der Waals surface area contributed by atoms with Gasteiger partial charge in [-0.3, -0.25) is 0 Å². The molecule has 5 heteroatoms. The molecule has 0 aliphatic rings. The Morgan fingerprint density at radius 2 is 1.95 bits per heavy atom. The van der Waals surface area contributed by atoms with Crippen LogP contribution in [0.3, 0.4) is 0 Å². The molecule has 21 heavy (non-hydrogen) atoms. The number of aromatic nitrogens is 3. The Labute approximate surface area is 140 Å². The predicted octanol–water partition coefficient (Wildman–Crippen LogP) is 5.85. The van der Waals surface area contributed by atoms with E-state index < -0.39 is 0 Å². The number of rotatable bonds is 8. The summed E-state index contributed by atoms with van der Waals surface area (Å²) in [6.45, 7) is 5.16. The molecule has 0 amide bonds. The lowest BCUT2D eigenvalue weighted by Gasteiger charge is -2.09. The fourth-order valence-electron chi connectivity index (χ4n) is 2.58. The van der Waals surface area contributed by atoms with Gasteiger partial charge in [0.2, 0.25) is 0 Å². The first-order chi connectivity index (χ1) is 10.1. The van der Waals surface area contributed by atoms with Crippen molar-refractivity contribution >= 4 is 38.7 Å². The highest BCUT2D eigenvalue weighted by molar-refractivity contribution is 9.10. The van der Waals surface area contributed by atoms with Gasteiger partial charge in [-0.15, -0.1) is 11.6 Å². The van der Waals surface area contributed by atoms with Crippen LogP contribution in [-0.4, -0.2) is 14.5 Å². The van der Waals surface area contributed by atoms with E-state index >= 15 is 0 Å². The molecule has 0 saturated heterocycles. The minimum absolute atomic E-state index is 0.0990. The first kappa shape index (κ1) is 16.8. The maximum Gasteiger partial charge on any atom is 0.160 e.